The average Bonchev–Trinajstić information content (AvgIpc) is 2.73. The van der Waals surface area contributed by atoms with Crippen molar-refractivity contribution in [2.24, 2.45) is 5.10 Å². The molecule has 146 valence electrons. The largest absolute Gasteiger partial charge is 0.489 e. The molecule has 0 aromatic heterocycles. The lowest BCUT2D eigenvalue weighted by Gasteiger charge is -2.07. The van der Waals surface area contributed by atoms with Gasteiger partial charge in [-0.2, -0.15) is 5.10 Å². The molecule has 0 amide bonds. The lowest BCUT2D eigenvalue weighted by atomic mass is 10.2. The molecule has 0 bridgehead atoms. The topological polar surface area (TPSA) is 120 Å². The van der Waals surface area contributed by atoms with Crippen LogP contribution in [0, 0.1) is 20.2 Å². The zero-order valence-electron chi connectivity index (χ0n) is 15.1. The standard InChI is InChI=1S/C20H16N4O5/c25-23(26)17-9-10-19(20(12-17)24(27)28)22-21-13-16-7-4-8-18(11-16)29-14-15-5-2-1-3-6-15/h1-13,22H,14H2/b21-13-. The summed E-state index contributed by atoms with van der Waals surface area (Å²) in [5, 5.41) is 25.9. The van der Waals surface area contributed by atoms with Gasteiger partial charge >= 0.3 is 5.69 Å². The summed E-state index contributed by atoms with van der Waals surface area (Å²) >= 11 is 0. The maximum atomic E-state index is 11.1. The maximum absolute atomic E-state index is 11.1. The number of hydrazone groups is 1. The van der Waals surface area contributed by atoms with E-state index in [1.165, 1.54) is 18.3 Å². The Morgan fingerprint density at radius 1 is 0.931 bits per heavy atom. The van der Waals surface area contributed by atoms with Gasteiger partial charge in [0.05, 0.1) is 22.1 Å². The minimum atomic E-state index is -0.705. The smallest absolute Gasteiger partial charge is 0.301 e. The van der Waals surface area contributed by atoms with Crippen LogP contribution in [0.15, 0.2) is 77.9 Å². The average molecular weight is 392 g/mol. The summed E-state index contributed by atoms with van der Waals surface area (Å²) in [5.41, 5.74) is 3.56. The summed E-state index contributed by atoms with van der Waals surface area (Å²) in [6.45, 7) is 0.425. The molecule has 9 heteroatoms. The van der Waals surface area contributed by atoms with Crippen LogP contribution in [0.3, 0.4) is 0 Å². The third-order valence-corrected chi connectivity index (χ3v) is 3.89. The van der Waals surface area contributed by atoms with E-state index in [1.54, 1.807) is 18.2 Å². The number of nitro groups is 2. The van der Waals surface area contributed by atoms with E-state index in [2.05, 4.69) is 10.5 Å². The van der Waals surface area contributed by atoms with E-state index in [0.717, 1.165) is 11.6 Å². The zero-order chi connectivity index (χ0) is 20.6. The minimum absolute atomic E-state index is 0.0494. The van der Waals surface area contributed by atoms with Crippen LogP contribution in [0.5, 0.6) is 5.75 Å². The predicted octanol–water partition coefficient (Wildman–Crippen LogP) is 4.53. The van der Waals surface area contributed by atoms with Crippen LogP contribution in [0.4, 0.5) is 17.1 Å². The van der Waals surface area contributed by atoms with E-state index in [4.69, 9.17) is 4.74 Å². The van der Waals surface area contributed by atoms with Gasteiger partial charge in [-0.1, -0.05) is 42.5 Å². The lowest BCUT2D eigenvalue weighted by Crippen LogP contribution is -1.99. The summed E-state index contributed by atoms with van der Waals surface area (Å²) in [6, 6.07) is 20.2. The molecule has 29 heavy (non-hydrogen) atoms. The Morgan fingerprint density at radius 3 is 2.45 bits per heavy atom. The first kappa shape index (κ1) is 19.5. The molecule has 3 aromatic carbocycles. The van der Waals surface area contributed by atoms with Crippen LogP contribution in [0.1, 0.15) is 11.1 Å². The zero-order valence-corrected chi connectivity index (χ0v) is 15.1. The van der Waals surface area contributed by atoms with Gasteiger partial charge in [-0.15, -0.1) is 0 Å². The van der Waals surface area contributed by atoms with Crippen molar-refractivity contribution in [3.05, 3.63) is 104 Å². The highest BCUT2D eigenvalue weighted by Crippen LogP contribution is 2.28. The molecule has 0 saturated heterocycles. The monoisotopic (exact) mass is 392 g/mol. The number of benzene rings is 3. The number of hydrogen-bond donors (Lipinski definition) is 1. The van der Waals surface area contributed by atoms with Gasteiger partial charge in [0.2, 0.25) is 0 Å². The molecular weight excluding hydrogens is 376 g/mol. The fourth-order valence-corrected chi connectivity index (χ4v) is 2.48. The molecule has 9 nitrogen and oxygen atoms in total. The second kappa shape index (κ2) is 9.09. The second-order valence-electron chi connectivity index (χ2n) is 5.93. The Hall–Kier alpha value is -4.27. The van der Waals surface area contributed by atoms with E-state index in [-0.39, 0.29) is 11.4 Å². The number of hydrogen-bond acceptors (Lipinski definition) is 7. The summed E-state index contributed by atoms with van der Waals surface area (Å²) < 4.78 is 5.75. The van der Waals surface area contributed by atoms with Crippen molar-refractivity contribution >= 4 is 23.3 Å². The van der Waals surface area contributed by atoms with Crippen LogP contribution in [-0.4, -0.2) is 16.1 Å². The highest BCUT2D eigenvalue weighted by Gasteiger charge is 2.19. The predicted molar refractivity (Wildman–Crippen MR) is 108 cm³/mol. The normalized spacial score (nSPS) is 10.6. The molecule has 0 heterocycles. The lowest BCUT2D eigenvalue weighted by molar-refractivity contribution is -0.393. The number of rotatable bonds is 8. The number of anilines is 1. The van der Waals surface area contributed by atoms with Gasteiger partial charge in [-0.25, -0.2) is 0 Å². The molecule has 0 aliphatic heterocycles. The Labute approximate surface area is 165 Å². The van der Waals surface area contributed by atoms with Crippen molar-refractivity contribution in [2.75, 3.05) is 5.43 Å². The first-order chi connectivity index (χ1) is 14.0. The van der Waals surface area contributed by atoms with Gasteiger partial charge < -0.3 is 4.74 Å². The van der Waals surface area contributed by atoms with E-state index < -0.39 is 15.5 Å². The Morgan fingerprint density at radius 2 is 1.72 bits per heavy atom. The van der Waals surface area contributed by atoms with Crippen molar-refractivity contribution in [1.29, 1.82) is 0 Å². The Balaban J connectivity index is 1.67. The first-order valence-corrected chi connectivity index (χ1v) is 8.51. The van der Waals surface area contributed by atoms with Gasteiger partial charge in [0.15, 0.2) is 0 Å². The van der Waals surface area contributed by atoms with Crippen molar-refractivity contribution in [2.45, 2.75) is 6.61 Å². The van der Waals surface area contributed by atoms with Crippen molar-refractivity contribution in [3.63, 3.8) is 0 Å². The van der Waals surface area contributed by atoms with Gasteiger partial charge in [0.1, 0.15) is 18.0 Å². The highest BCUT2D eigenvalue weighted by molar-refractivity contribution is 5.81. The van der Waals surface area contributed by atoms with Gasteiger partial charge in [0.25, 0.3) is 5.69 Å². The SMILES string of the molecule is O=[N+]([O-])c1ccc(N/N=C\c2cccc(OCc3ccccc3)c2)c([N+](=O)[O-])c1. The van der Waals surface area contributed by atoms with E-state index >= 15 is 0 Å². The van der Waals surface area contributed by atoms with E-state index in [9.17, 15) is 20.2 Å². The van der Waals surface area contributed by atoms with Gasteiger partial charge in [-0.3, -0.25) is 25.7 Å². The number of non-ortho nitro benzene ring substituents is 1. The third-order valence-electron chi connectivity index (χ3n) is 3.89. The first-order valence-electron chi connectivity index (χ1n) is 8.51. The molecule has 0 aliphatic rings. The summed E-state index contributed by atoms with van der Waals surface area (Å²) in [6.07, 6.45) is 1.47. The van der Waals surface area contributed by atoms with Crippen molar-refractivity contribution in [3.8, 4) is 5.75 Å². The fourth-order valence-electron chi connectivity index (χ4n) is 2.48. The second-order valence-corrected chi connectivity index (χ2v) is 5.93. The molecule has 0 atom stereocenters. The third kappa shape index (κ3) is 5.36. The van der Waals surface area contributed by atoms with Crippen LogP contribution in [0.2, 0.25) is 0 Å². The quantitative estimate of drug-likeness (QED) is 0.342. The molecule has 3 rings (SSSR count). The number of ether oxygens (including phenoxy) is 1. The van der Waals surface area contributed by atoms with Crippen LogP contribution < -0.4 is 10.2 Å². The summed E-state index contributed by atoms with van der Waals surface area (Å²) in [5.74, 6) is 0.652. The van der Waals surface area contributed by atoms with Crippen LogP contribution in [0.25, 0.3) is 0 Å². The fraction of sp³-hybridized carbons (Fsp3) is 0.0500. The molecule has 0 fully saturated rings. The van der Waals surface area contributed by atoms with Crippen molar-refractivity contribution in [1.82, 2.24) is 0 Å². The minimum Gasteiger partial charge on any atom is -0.489 e. The number of nitrogens with zero attached hydrogens (tertiary/aromatic N) is 3. The highest BCUT2D eigenvalue weighted by atomic mass is 16.6. The number of nitro benzene ring substituents is 2. The van der Waals surface area contributed by atoms with Crippen molar-refractivity contribution < 1.29 is 14.6 Å². The van der Waals surface area contributed by atoms with E-state index in [1.807, 2.05) is 36.4 Å². The molecule has 1 N–H and O–H groups in total. The Bertz CT molecular complexity index is 1050. The molecule has 0 aliphatic carbocycles. The molecule has 0 radical (unpaired) electrons. The Kier molecular flexibility index (Phi) is 6.11. The van der Waals surface area contributed by atoms with E-state index in [0.29, 0.717) is 17.9 Å². The summed E-state index contributed by atoms with van der Waals surface area (Å²) in [7, 11) is 0. The van der Waals surface area contributed by atoms with Crippen LogP contribution >= 0.6 is 0 Å². The van der Waals surface area contributed by atoms with Crippen LogP contribution in [-0.2, 0) is 6.61 Å². The molecule has 3 aromatic rings. The van der Waals surface area contributed by atoms with Gasteiger partial charge in [-0.05, 0) is 29.3 Å². The maximum Gasteiger partial charge on any atom is 0.301 e. The molecule has 0 saturated carbocycles. The molecular formula is C20H16N4O5. The molecule has 0 spiro atoms. The number of nitrogens with one attached hydrogen (secondary N) is 1. The molecule has 0 unspecified atom stereocenters. The van der Waals surface area contributed by atoms with Gasteiger partial charge in [0, 0.05) is 6.07 Å². The summed E-state index contributed by atoms with van der Waals surface area (Å²) in [4.78, 5) is 20.5.